The Labute approximate surface area is 225 Å². The van der Waals surface area contributed by atoms with Crippen molar-refractivity contribution in [2.45, 2.75) is 24.3 Å². The smallest absolute Gasteiger partial charge is 0.271 e. The number of benzene rings is 3. The highest BCUT2D eigenvalue weighted by Gasteiger charge is 2.27. The Bertz CT molecular complexity index is 1560. The van der Waals surface area contributed by atoms with Crippen LogP contribution in [0.15, 0.2) is 77.8 Å². The average Bonchev–Trinajstić information content (AvgIpc) is 3.28. The molecular formula is C27H25Cl2N3O4S. The lowest BCUT2D eigenvalue weighted by molar-refractivity contribution is 0.0864. The van der Waals surface area contributed by atoms with Crippen molar-refractivity contribution >= 4 is 38.9 Å². The zero-order chi connectivity index (χ0) is 27.0. The van der Waals surface area contributed by atoms with Crippen molar-refractivity contribution < 1.29 is 18.3 Å². The predicted octanol–water partition coefficient (Wildman–Crippen LogP) is 5.42. The highest BCUT2D eigenvalue weighted by atomic mass is 35.5. The van der Waals surface area contributed by atoms with Gasteiger partial charge in [-0.1, -0.05) is 65.7 Å². The number of hydrogen-bond donors (Lipinski definition) is 2. The number of halogens is 2. The fourth-order valence-electron chi connectivity index (χ4n) is 3.79. The number of nitrogens with one attached hydrogen (secondary N) is 1. The number of hydrogen-bond acceptors (Lipinski definition) is 5. The van der Waals surface area contributed by atoms with Gasteiger partial charge in [-0.3, -0.25) is 9.36 Å². The van der Waals surface area contributed by atoms with E-state index in [1.165, 1.54) is 10.8 Å². The van der Waals surface area contributed by atoms with Crippen molar-refractivity contribution in [3.05, 3.63) is 88.7 Å². The number of imidazole rings is 1. The Morgan fingerprint density at radius 1 is 1.00 bits per heavy atom. The quantitative estimate of drug-likeness (QED) is 0.316. The van der Waals surface area contributed by atoms with Crippen molar-refractivity contribution in [1.82, 2.24) is 14.9 Å². The van der Waals surface area contributed by atoms with Crippen LogP contribution in [0.1, 0.15) is 24.3 Å². The topological polar surface area (TPSA) is 101 Å². The van der Waals surface area contributed by atoms with E-state index in [-0.39, 0.29) is 38.8 Å². The molecule has 0 saturated carbocycles. The molecule has 0 bridgehead atoms. The van der Waals surface area contributed by atoms with E-state index in [9.17, 15) is 18.3 Å². The molecule has 4 aromatic rings. The van der Waals surface area contributed by atoms with E-state index in [0.29, 0.717) is 11.1 Å². The number of carbonyl (C=O) groups excluding carboxylic acids is 1. The third kappa shape index (κ3) is 5.72. The first kappa shape index (κ1) is 26.9. The molecule has 0 fully saturated rings. The Balaban J connectivity index is 1.98. The molecule has 10 heteroatoms. The van der Waals surface area contributed by atoms with E-state index in [2.05, 4.69) is 10.3 Å². The van der Waals surface area contributed by atoms with Crippen LogP contribution in [-0.4, -0.2) is 47.4 Å². The Morgan fingerprint density at radius 2 is 1.65 bits per heavy atom. The Kier molecular flexibility index (Phi) is 7.48. The summed E-state index contributed by atoms with van der Waals surface area (Å²) in [5.74, 6) is -0.357. The van der Waals surface area contributed by atoms with Gasteiger partial charge in [-0.25, -0.2) is 13.4 Å². The monoisotopic (exact) mass is 557 g/mol. The number of amides is 1. The summed E-state index contributed by atoms with van der Waals surface area (Å²) in [6.45, 7) is 3.04. The minimum Gasteiger partial charge on any atom is -0.394 e. The van der Waals surface area contributed by atoms with Gasteiger partial charge in [0.05, 0.1) is 38.3 Å². The van der Waals surface area contributed by atoms with Gasteiger partial charge in [0.2, 0.25) is 0 Å². The number of aliphatic hydroxyl groups is 1. The summed E-state index contributed by atoms with van der Waals surface area (Å²) in [5.41, 5.74) is 1.28. The van der Waals surface area contributed by atoms with E-state index in [1.807, 2.05) is 30.3 Å². The maximum atomic E-state index is 13.1. The summed E-state index contributed by atoms with van der Waals surface area (Å²) in [6.07, 6.45) is 2.56. The maximum Gasteiger partial charge on any atom is 0.271 e. The summed E-state index contributed by atoms with van der Waals surface area (Å²) >= 11 is 13.0. The predicted molar refractivity (Wildman–Crippen MR) is 146 cm³/mol. The number of carbonyl (C=O) groups is 1. The third-order valence-corrected chi connectivity index (χ3v) is 7.45. The lowest BCUT2D eigenvalue weighted by atomic mass is 10.1. The van der Waals surface area contributed by atoms with Gasteiger partial charge in [0.25, 0.3) is 5.91 Å². The second kappa shape index (κ2) is 10.3. The van der Waals surface area contributed by atoms with Crippen LogP contribution in [0.3, 0.4) is 0 Å². The zero-order valence-electron chi connectivity index (χ0n) is 20.4. The fourth-order valence-corrected chi connectivity index (χ4v) is 5.25. The van der Waals surface area contributed by atoms with Gasteiger partial charge >= 0.3 is 0 Å². The van der Waals surface area contributed by atoms with Crippen LogP contribution in [-0.2, 0) is 9.84 Å². The molecule has 0 atom stereocenters. The molecule has 3 aromatic carbocycles. The molecule has 1 amide bonds. The molecule has 1 heterocycles. The van der Waals surface area contributed by atoms with Gasteiger partial charge in [-0.2, -0.15) is 0 Å². The lowest BCUT2D eigenvalue weighted by Gasteiger charge is -2.22. The summed E-state index contributed by atoms with van der Waals surface area (Å²) in [7, 11) is -3.72. The molecule has 192 valence electrons. The van der Waals surface area contributed by atoms with E-state index in [1.54, 1.807) is 50.2 Å². The maximum absolute atomic E-state index is 13.1. The molecular weight excluding hydrogens is 533 g/mol. The van der Waals surface area contributed by atoms with E-state index >= 15 is 0 Å². The molecule has 0 aliphatic carbocycles. The summed E-state index contributed by atoms with van der Waals surface area (Å²) < 4.78 is 27.4. The molecule has 2 N–H and O–H groups in total. The first-order valence-corrected chi connectivity index (χ1v) is 13.9. The number of nitrogens with zero attached hydrogens (tertiary/aromatic N) is 2. The molecule has 1 aromatic heterocycles. The van der Waals surface area contributed by atoms with Crippen LogP contribution in [0, 0.1) is 0 Å². The highest BCUT2D eigenvalue weighted by molar-refractivity contribution is 7.90. The standard InChI is InChI=1S/C27H25Cl2N3O4S/c1-27(2,16-33)31-26(34)21-15-32(25(30-21)24-19(28)10-7-11-20(24)29)22-13-12-18(14-23(22)37(3,35)36)17-8-5-4-6-9-17/h4-15,33H,16H2,1-3H3,(H,31,34). The van der Waals surface area contributed by atoms with Gasteiger partial charge in [-0.05, 0) is 49.2 Å². The van der Waals surface area contributed by atoms with Crippen LogP contribution in [0.25, 0.3) is 28.2 Å². The SMILES string of the molecule is CC(C)(CO)NC(=O)c1cn(-c2ccc(-c3ccccc3)cc2S(C)(=O)=O)c(-c2c(Cl)cccc2Cl)n1. The molecule has 0 radical (unpaired) electrons. The molecule has 0 aliphatic heterocycles. The minimum atomic E-state index is -3.72. The van der Waals surface area contributed by atoms with Crippen molar-refractivity contribution in [2.24, 2.45) is 0 Å². The fraction of sp³-hybridized carbons (Fsp3) is 0.185. The second-order valence-corrected chi connectivity index (χ2v) is 12.0. The number of sulfone groups is 1. The largest absolute Gasteiger partial charge is 0.394 e. The second-order valence-electron chi connectivity index (χ2n) is 9.23. The number of aromatic nitrogens is 2. The Hall–Kier alpha value is -3.17. The van der Waals surface area contributed by atoms with Crippen LogP contribution >= 0.6 is 23.2 Å². The van der Waals surface area contributed by atoms with E-state index in [0.717, 1.165) is 11.8 Å². The molecule has 0 saturated heterocycles. The van der Waals surface area contributed by atoms with Crippen LogP contribution < -0.4 is 5.32 Å². The van der Waals surface area contributed by atoms with Crippen LogP contribution in [0.5, 0.6) is 0 Å². The zero-order valence-corrected chi connectivity index (χ0v) is 22.7. The number of rotatable bonds is 7. The Morgan fingerprint density at radius 3 is 2.24 bits per heavy atom. The average molecular weight is 558 g/mol. The van der Waals surface area contributed by atoms with Crippen molar-refractivity contribution in [3.8, 4) is 28.2 Å². The van der Waals surface area contributed by atoms with Crippen molar-refractivity contribution in [2.75, 3.05) is 12.9 Å². The summed E-state index contributed by atoms with van der Waals surface area (Å²) in [6, 6.07) is 19.4. The number of aliphatic hydroxyl groups excluding tert-OH is 1. The van der Waals surface area contributed by atoms with Crippen molar-refractivity contribution in [3.63, 3.8) is 0 Å². The first-order chi connectivity index (χ1) is 17.4. The van der Waals surface area contributed by atoms with E-state index < -0.39 is 21.3 Å². The molecule has 7 nitrogen and oxygen atoms in total. The van der Waals surface area contributed by atoms with E-state index in [4.69, 9.17) is 23.2 Å². The molecule has 0 aliphatic rings. The van der Waals surface area contributed by atoms with Crippen LogP contribution in [0.2, 0.25) is 10.0 Å². The van der Waals surface area contributed by atoms with Gasteiger partial charge in [0.15, 0.2) is 9.84 Å². The molecule has 4 rings (SSSR count). The summed E-state index contributed by atoms with van der Waals surface area (Å²) in [5, 5.41) is 12.9. The van der Waals surface area contributed by atoms with Crippen molar-refractivity contribution in [1.29, 1.82) is 0 Å². The minimum absolute atomic E-state index is 0.000835. The van der Waals surface area contributed by atoms with Gasteiger partial charge in [-0.15, -0.1) is 0 Å². The molecule has 37 heavy (non-hydrogen) atoms. The molecule has 0 spiro atoms. The lowest BCUT2D eigenvalue weighted by Crippen LogP contribution is -2.46. The normalized spacial score (nSPS) is 11.9. The molecule has 0 unspecified atom stereocenters. The van der Waals surface area contributed by atoms with Crippen LogP contribution in [0.4, 0.5) is 0 Å². The summed E-state index contributed by atoms with van der Waals surface area (Å²) in [4.78, 5) is 17.6. The van der Waals surface area contributed by atoms with Gasteiger partial charge in [0, 0.05) is 12.5 Å². The van der Waals surface area contributed by atoms with Gasteiger partial charge in [0.1, 0.15) is 11.5 Å². The third-order valence-electron chi connectivity index (χ3n) is 5.70. The highest BCUT2D eigenvalue weighted by Crippen LogP contribution is 2.37. The first-order valence-electron chi connectivity index (χ1n) is 11.3. The van der Waals surface area contributed by atoms with Gasteiger partial charge < -0.3 is 10.4 Å².